The van der Waals surface area contributed by atoms with E-state index in [9.17, 15) is 4.79 Å². The number of benzene rings is 2. The highest BCUT2D eigenvalue weighted by molar-refractivity contribution is 5.97. The van der Waals surface area contributed by atoms with Gasteiger partial charge in [-0.25, -0.2) is 0 Å². The molecular formula is C30H30N4O. The quantitative estimate of drug-likeness (QED) is 0.660. The lowest BCUT2D eigenvalue weighted by atomic mass is 9.91. The lowest BCUT2D eigenvalue weighted by Crippen LogP contribution is -2.41. The second kappa shape index (κ2) is 9.43. The van der Waals surface area contributed by atoms with Gasteiger partial charge in [-0.3, -0.25) is 14.6 Å². The Balaban J connectivity index is 1.08. The number of nitrogens with zero attached hydrogens (tertiary/aromatic N) is 2. The van der Waals surface area contributed by atoms with Crippen LogP contribution in [0.2, 0.25) is 0 Å². The monoisotopic (exact) mass is 462 g/mol. The topological polar surface area (TPSA) is 47.6 Å². The van der Waals surface area contributed by atoms with Gasteiger partial charge in [0.05, 0.1) is 11.7 Å². The number of hydrogen-bond donors (Lipinski definition) is 2. The molecule has 0 saturated carbocycles. The van der Waals surface area contributed by atoms with Gasteiger partial charge in [0.1, 0.15) is 5.82 Å². The van der Waals surface area contributed by atoms with Crippen LogP contribution < -0.4 is 10.6 Å². The summed E-state index contributed by atoms with van der Waals surface area (Å²) in [5.41, 5.74) is 5.41. The lowest BCUT2D eigenvalue weighted by Gasteiger charge is -2.38. The first-order valence-corrected chi connectivity index (χ1v) is 12.5. The number of likely N-dealkylation sites (tertiary alicyclic amines) is 1. The summed E-state index contributed by atoms with van der Waals surface area (Å²) in [6.45, 7) is 2.76. The van der Waals surface area contributed by atoms with Gasteiger partial charge in [-0.15, -0.1) is 0 Å². The van der Waals surface area contributed by atoms with Crippen LogP contribution in [0, 0.1) is 5.92 Å². The molecule has 0 aliphatic carbocycles. The molecule has 0 bridgehead atoms. The minimum Gasteiger partial charge on any atom is -0.352 e. The van der Waals surface area contributed by atoms with Crippen LogP contribution in [0.3, 0.4) is 0 Å². The zero-order valence-corrected chi connectivity index (χ0v) is 19.7. The highest BCUT2D eigenvalue weighted by Gasteiger charge is 2.30. The molecule has 0 spiro atoms. The molecular weight excluding hydrogens is 432 g/mol. The van der Waals surface area contributed by atoms with E-state index in [-0.39, 0.29) is 11.9 Å². The molecule has 4 aliphatic heterocycles. The molecule has 2 aromatic rings. The molecule has 0 aromatic heterocycles. The molecule has 35 heavy (non-hydrogen) atoms. The van der Waals surface area contributed by atoms with E-state index in [1.165, 1.54) is 11.1 Å². The fraction of sp³-hybridized carbons (Fsp3) is 0.233. The summed E-state index contributed by atoms with van der Waals surface area (Å²) in [4.78, 5) is 17.7. The van der Waals surface area contributed by atoms with Gasteiger partial charge in [0.15, 0.2) is 0 Å². The number of hydrogen-bond acceptors (Lipinski definition) is 4. The molecule has 2 aromatic carbocycles. The van der Waals surface area contributed by atoms with Gasteiger partial charge in [0.2, 0.25) is 0 Å². The summed E-state index contributed by atoms with van der Waals surface area (Å²) < 4.78 is 0. The van der Waals surface area contributed by atoms with Crippen molar-refractivity contribution in [1.29, 1.82) is 0 Å². The van der Waals surface area contributed by atoms with Crippen molar-refractivity contribution in [1.82, 2.24) is 20.4 Å². The molecule has 1 fully saturated rings. The van der Waals surface area contributed by atoms with E-state index in [4.69, 9.17) is 0 Å². The van der Waals surface area contributed by atoms with Crippen LogP contribution in [0.1, 0.15) is 30.0 Å². The first-order valence-electron chi connectivity index (χ1n) is 12.5. The smallest absolute Gasteiger partial charge is 0.251 e. The predicted octanol–water partition coefficient (Wildman–Crippen LogP) is 4.59. The molecule has 0 unspecified atom stereocenters. The third-order valence-corrected chi connectivity index (χ3v) is 7.31. The average Bonchev–Trinajstić information content (AvgIpc) is 3.34. The molecule has 6 rings (SSSR count). The summed E-state index contributed by atoms with van der Waals surface area (Å²) >= 11 is 0. The standard InChI is InChI=1S/C30H30N4O/c35-30(25-18-26-12-7-13-28-31-21-27(19-25)34(26)28)32-20-22-14-16-33(17-15-22)29(23-8-3-1-4-9-23)24-10-5-2-6-11-24/h1-13,18-19,21-22,29,31H,14-17,20H2,(H,32,35). The van der Waals surface area contributed by atoms with Gasteiger partial charge in [0.25, 0.3) is 5.91 Å². The normalized spacial score (nSPS) is 19.4. The molecule has 5 heteroatoms. The van der Waals surface area contributed by atoms with E-state index in [1.54, 1.807) is 0 Å². The Bertz CT molecular complexity index is 1210. The third kappa shape index (κ3) is 4.35. The zero-order valence-electron chi connectivity index (χ0n) is 19.7. The van der Waals surface area contributed by atoms with Crippen LogP contribution in [0.25, 0.3) is 0 Å². The van der Waals surface area contributed by atoms with Crippen molar-refractivity contribution in [3.8, 4) is 0 Å². The summed E-state index contributed by atoms with van der Waals surface area (Å²) in [5.74, 6) is 1.52. The number of piperidine rings is 1. The minimum absolute atomic E-state index is 0.00308. The maximum Gasteiger partial charge on any atom is 0.251 e. The van der Waals surface area contributed by atoms with Gasteiger partial charge in [-0.1, -0.05) is 66.7 Å². The SMILES string of the molecule is O=C(NCC1CCN(C(c2ccccc2)c2ccccc2)CC1)C1=CC2=CNC3=CC=CC(=C1)N23. The van der Waals surface area contributed by atoms with Crippen LogP contribution in [0.4, 0.5) is 0 Å². The van der Waals surface area contributed by atoms with Crippen LogP contribution in [0.5, 0.6) is 0 Å². The Kier molecular flexibility index (Phi) is 5.84. The molecule has 176 valence electrons. The Morgan fingerprint density at radius 2 is 1.63 bits per heavy atom. The molecule has 1 saturated heterocycles. The Morgan fingerprint density at radius 3 is 2.31 bits per heavy atom. The second-order valence-corrected chi connectivity index (χ2v) is 9.54. The fourth-order valence-electron chi connectivity index (χ4n) is 5.49. The first kappa shape index (κ1) is 21.7. The molecule has 0 atom stereocenters. The Morgan fingerprint density at radius 1 is 0.943 bits per heavy atom. The Labute approximate surface area is 206 Å². The summed E-state index contributed by atoms with van der Waals surface area (Å²) in [5, 5.41) is 6.47. The lowest BCUT2D eigenvalue weighted by molar-refractivity contribution is -0.117. The second-order valence-electron chi connectivity index (χ2n) is 9.54. The highest BCUT2D eigenvalue weighted by atomic mass is 16.1. The van der Waals surface area contributed by atoms with E-state index in [0.29, 0.717) is 11.5 Å². The van der Waals surface area contributed by atoms with Crippen molar-refractivity contribution >= 4 is 5.91 Å². The molecule has 4 aliphatic rings. The molecule has 2 N–H and O–H groups in total. The van der Waals surface area contributed by atoms with Gasteiger partial charge >= 0.3 is 0 Å². The number of carbonyl (C=O) groups is 1. The summed E-state index contributed by atoms with van der Waals surface area (Å²) in [7, 11) is 0. The van der Waals surface area contributed by atoms with E-state index >= 15 is 0 Å². The largest absolute Gasteiger partial charge is 0.352 e. The molecule has 5 nitrogen and oxygen atoms in total. The van der Waals surface area contributed by atoms with E-state index in [1.807, 2.05) is 36.6 Å². The zero-order chi connectivity index (χ0) is 23.6. The number of amides is 1. The maximum atomic E-state index is 13.0. The van der Waals surface area contributed by atoms with Gasteiger partial charge in [0, 0.05) is 24.0 Å². The van der Waals surface area contributed by atoms with Gasteiger partial charge < -0.3 is 10.6 Å². The Hall–Kier alpha value is -3.83. The van der Waals surface area contributed by atoms with E-state index in [2.05, 4.69) is 81.1 Å². The first-order chi connectivity index (χ1) is 17.3. The van der Waals surface area contributed by atoms with Crippen molar-refractivity contribution in [2.24, 2.45) is 5.92 Å². The third-order valence-electron chi connectivity index (χ3n) is 7.31. The fourth-order valence-corrected chi connectivity index (χ4v) is 5.49. The van der Waals surface area contributed by atoms with Crippen molar-refractivity contribution in [2.75, 3.05) is 19.6 Å². The van der Waals surface area contributed by atoms with Crippen LogP contribution in [-0.4, -0.2) is 35.3 Å². The maximum absolute atomic E-state index is 13.0. The summed E-state index contributed by atoms with van der Waals surface area (Å²) in [6.07, 6.45) is 14.1. The average molecular weight is 463 g/mol. The van der Waals surface area contributed by atoms with E-state index in [0.717, 1.165) is 49.7 Å². The van der Waals surface area contributed by atoms with Gasteiger partial charge in [-0.05, 0) is 67.3 Å². The van der Waals surface area contributed by atoms with E-state index < -0.39 is 0 Å². The number of rotatable bonds is 6. The van der Waals surface area contributed by atoms with Gasteiger partial charge in [-0.2, -0.15) is 0 Å². The number of carbonyl (C=O) groups excluding carboxylic acids is 1. The number of nitrogens with one attached hydrogen (secondary N) is 2. The molecule has 4 heterocycles. The van der Waals surface area contributed by atoms with Crippen molar-refractivity contribution in [3.05, 3.63) is 131 Å². The number of allylic oxidation sites excluding steroid dienone is 4. The van der Waals surface area contributed by atoms with Crippen molar-refractivity contribution < 1.29 is 4.79 Å². The predicted molar refractivity (Wildman–Crippen MR) is 138 cm³/mol. The van der Waals surface area contributed by atoms with Crippen LogP contribution in [0.15, 0.2) is 120 Å². The molecule has 1 amide bonds. The van der Waals surface area contributed by atoms with Crippen LogP contribution >= 0.6 is 0 Å². The van der Waals surface area contributed by atoms with Crippen molar-refractivity contribution in [2.45, 2.75) is 18.9 Å². The summed E-state index contributed by atoms with van der Waals surface area (Å²) in [6, 6.07) is 21.8. The minimum atomic E-state index is 0.00308. The highest BCUT2D eigenvalue weighted by Crippen LogP contribution is 2.34. The van der Waals surface area contributed by atoms with Crippen LogP contribution in [-0.2, 0) is 4.79 Å². The molecule has 0 radical (unpaired) electrons. The van der Waals surface area contributed by atoms with Crippen molar-refractivity contribution in [3.63, 3.8) is 0 Å².